The quantitative estimate of drug-likeness (QED) is 0.841. The van der Waals surface area contributed by atoms with Crippen LogP contribution in [0.2, 0.25) is 5.02 Å². The summed E-state index contributed by atoms with van der Waals surface area (Å²) in [7, 11) is 0. The van der Waals surface area contributed by atoms with E-state index in [1.165, 1.54) is 4.88 Å². The predicted octanol–water partition coefficient (Wildman–Crippen LogP) is 3.65. The van der Waals surface area contributed by atoms with Crippen molar-refractivity contribution >= 4 is 45.8 Å². The van der Waals surface area contributed by atoms with Crippen LogP contribution in [0.4, 0.5) is 5.69 Å². The maximum Gasteiger partial charge on any atom is 0.105 e. The Morgan fingerprint density at radius 1 is 1.41 bits per heavy atom. The Kier molecular flexibility index (Phi) is 3.99. The van der Waals surface area contributed by atoms with E-state index in [1.807, 2.05) is 24.3 Å². The number of rotatable bonds is 4. The molecule has 1 aromatic heterocycles. The molecule has 5 heteroatoms. The average molecular weight is 283 g/mol. The number of thiophene rings is 1. The van der Waals surface area contributed by atoms with Crippen LogP contribution in [0.3, 0.4) is 0 Å². The minimum Gasteiger partial charge on any atom is -0.389 e. The molecule has 1 heterocycles. The van der Waals surface area contributed by atoms with Gasteiger partial charge in [-0.15, -0.1) is 11.3 Å². The van der Waals surface area contributed by atoms with Crippen LogP contribution in [-0.4, -0.2) is 4.99 Å². The molecule has 0 saturated carbocycles. The van der Waals surface area contributed by atoms with Crippen LogP contribution in [0, 0.1) is 0 Å². The summed E-state index contributed by atoms with van der Waals surface area (Å²) in [5.74, 6) is 0. The standard InChI is InChI=1S/C12H11ClN2S2/c13-11-6-8(3-4-10(11)12(14)16)15-7-9-2-1-5-17-9/h1-6,15H,7H2,(H2,14,16). The fraction of sp³-hybridized carbons (Fsp3) is 0.0833. The minimum atomic E-state index is 0.319. The van der Waals surface area contributed by atoms with E-state index in [0.29, 0.717) is 15.6 Å². The highest BCUT2D eigenvalue weighted by molar-refractivity contribution is 7.80. The molecule has 0 atom stereocenters. The summed E-state index contributed by atoms with van der Waals surface area (Å²) in [5.41, 5.74) is 7.22. The maximum atomic E-state index is 6.08. The van der Waals surface area contributed by atoms with Gasteiger partial charge in [-0.3, -0.25) is 0 Å². The van der Waals surface area contributed by atoms with Crippen molar-refractivity contribution in [1.82, 2.24) is 0 Å². The number of halogens is 1. The molecule has 0 unspecified atom stereocenters. The second-order valence-corrected chi connectivity index (χ2v) is 5.37. The molecular weight excluding hydrogens is 272 g/mol. The minimum absolute atomic E-state index is 0.319. The first-order valence-electron chi connectivity index (χ1n) is 5.02. The van der Waals surface area contributed by atoms with Crippen LogP contribution in [0.15, 0.2) is 35.7 Å². The van der Waals surface area contributed by atoms with Gasteiger partial charge in [-0.25, -0.2) is 0 Å². The first-order chi connectivity index (χ1) is 8.16. The first kappa shape index (κ1) is 12.4. The number of nitrogens with one attached hydrogen (secondary N) is 1. The summed E-state index contributed by atoms with van der Waals surface area (Å²) in [6.07, 6.45) is 0. The number of hydrogen-bond acceptors (Lipinski definition) is 3. The smallest absolute Gasteiger partial charge is 0.105 e. The van der Waals surface area contributed by atoms with Crippen LogP contribution in [0.5, 0.6) is 0 Å². The average Bonchev–Trinajstić information content (AvgIpc) is 2.78. The van der Waals surface area contributed by atoms with Crippen molar-refractivity contribution in [2.24, 2.45) is 5.73 Å². The molecule has 0 aliphatic rings. The number of hydrogen-bond donors (Lipinski definition) is 2. The summed E-state index contributed by atoms with van der Waals surface area (Å²) >= 11 is 12.7. The summed E-state index contributed by atoms with van der Waals surface area (Å²) in [5, 5.41) is 5.93. The Balaban J connectivity index is 2.07. The molecule has 0 bridgehead atoms. The highest BCUT2D eigenvalue weighted by atomic mass is 35.5. The number of thiocarbonyl (C=S) groups is 1. The molecule has 88 valence electrons. The molecule has 0 spiro atoms. The lowest BCUT2D eigenvalue weighted by atomic mass is 10.2. The van der Waals surface area contributed by atoms with Crippen molar-refractivity contribution in [2.45, 2.75) is 6.54 Å². The van der Waals surface area contributed by atoms with E-state index in [1.54, 1.807) is 11.3 Å². The summed E-state index contributed by atoms with van der Waals surface area (Å²) in [6.45, 7) is 0.792. The molecule has 17 heavy (non-hydrogen) atoms. The van der Waals surface area contributed by atoms with Crippen molar-refractivity contribution in [3.05, 3.63) is 51.2 Å². The summed E-state index contributed by atoms with van der Waals surface area (Å²) < 4.78 is 0. The molecule has 0 saturated heterocycles. The Morgan fingerprint density at radius 2 is 2.24 bits per heavy atom. The Hall–Kier alpha value is -1.10. The lowest BCUT2D eigenvalue weighted by Gasteiger charge is -2.07. The molecule has 0 aliphatic carbocycles. The van der Waals surface area contributed by atoms with Crippen LogP contribution in [0.1, 0.15) is 10.4 Å². The van der Waals surface area contributed by atoms with Gasteiger partial charge < -0.3 is 11.1 Å². The highest BCUT2D eigenvalue weighted by Crippen LogP contribution is 2.21. The van der Waals surface area contributed by atoms with Crippen LogP contribution < -0.4 is 11.1 Å². The van der Waals surface area contributed by atoms with Gasteiger partial charge in [-0.1, -0.05) is 29.9 Å². The van der Waals surface area contributed by atoms with Crippen LogP contribution in [0.25, 0.3) is 0 Å². The molecule has 0 aliphatic heterocycles. The molecule has 3 N–H and O–H groups in total. The number of benzene rings is 1. The van der Waals surface area contributed by atoms with Crippen molar-refractivity contribution in [3.8, 4) is 0 Å². The van der Waals surface area contributed by atoms with E-state index in [2.05, 4.69) is 16.8 Å². The predicted molar refractivity (Wildman–Crippen MR) is 79.0 cm³/mol. The Morgan fingerprint density at radius 3 is 2.82 bits per heavy atom. The third-order valence-electron chi connectivity index (χ3n) is 2.28. The number of anilines is 1. The zero-order valence-corrected chi connectivity index (χ0v) is 11.3. The van der Waals surface area contributed by atoms with Gasteiger partial charge in [0.25, 0.3) is 0 Å². The van der Waals surface area contributed by atoms with Gasteiger partial charge in [0.2, 0.25) is 0 Å². The highest BCUT2D eigenvalue weighted by Gasteiger charge is 2.04. The third-order valence-corrected chi connectivity index (χ3v) is 3.69. The van der Waals surface area contributed by atoms with Crippen molar-refractivity contribution in [1.29, 1.82) is 0 Å². The van der Waals surface area contributed by atoms with Crippen molar-refractivity contribution in [3.63, 3.8) is 0 Å². The van der Waals surface area contributed by atoms with Gasteiger partial charge in [0.05, 0.1) is 5.02 Å². The van der Waals surface area contributed by atoms with Gasteiger partial charge in [0.15, 0.2) is 0 Å². The summed E-state index contributed by atoms with van der Waals surface area (Å²) in [4.78, 5) is 1.60. The van der Waals surface area contributed by atoms with E-state index in [-0.39, 0.29) is 0 Å². The maximum absolute atomic E-state index is 6.08. The lowest BCUT2D eigenvalue weighted by Crippen LogP contribution is -2.10. The zero-order chi connectivity index (χ0) is 12.3. The van der Waals surface area contributed by atoms with Crippen LogP contribution in [-0.2, 0) is 6.54 Å². The zero-order valence-electron chi connectivity index (χ0n) is 8.94. The molecule has 2 aromatic rings. The van der Waals surface area contributed by atoms with E-state index < -0.39 is 0 Å². The van der Waals surface area contributed by atoms with E-state index in [0.717, 1.165) is 12.2 Å². The number of nitrogens with two attached hydrogens (primary N) is 1. The SMILES string of the molecule is NC(=S)c1ccc(NCc2cccs2)cc1Cl. The molecule has 0 amide bonds. The first-order valence-corrected chi connectivity index (χ1v) is 6.69. The molecule has 0 fully saturated rings. The topological polar surface area (TPSA) is 38.0 Å². The van der Waals surface area contributed by atoms with E-state index in [4.69, 9.17) is 29.6 Å². The second-order valence-electron chi connectivity index (χ2n) is 3.49. The van der Waals surface area contributed by atoms with Gasteiger partial charge in [0.1, 0.15) is 4.99 Å². The second kappa shape index (κ2) is 5.49. The molecule has 0 radical (unpaired) electrons. The fourth-order valence-electron chi connectivity index (χ4n) is 1.43. The third kappa shape index (κ3) is 3.19. The largest absolute Gasteiger partial charge is 0.389 e. The molecule has 1 aromatic carbocycles. The Bertz CT molecular complexity index is 523. The fourth-order valence-corrected chi connectivity index (χ4v) is 2.59. The monoisotopic (exact) mass is 282 g/mol. The van der Waals surface area contributed by atoms with Gasteiger partial charge in [0, 0.05) is 22.7 Å². The lowest BCUT2D eigenvalue weighted by molar-refractivity contribution is 1.19. The van der Waals surface area contributed by atoms with Crippen molar-refractivity contribution < 1.29 is 0 Å². The summed E-state index contributed by atoms with van der Waals surface area (Å²) in [6, 6.07) is 9.71. The Labute approximate surface area is 114 Å². The van der Waals surface area contributed by atoms with E-state index >= 15 is 0 Å². The molecule has 2 nitrogen and oxygen atoms in total. The van der Waals surface area contributed by atoms with Crippen LogP contribution >= 0.6 is 35.2 Å². The molecule has 2 rings (SSSR count). The normalized spacial score (nSPS) is 10.2. The van der Waals surface area contributed by atoms with E-state index in [9.17, 15) is 0 Å². The van der Waals surface area contributed by atoms with Gasteiger partial charge in [-0.2, -0.15) is 0 Å². The van der Waals surface area contributed by atoms with Gasteiger partial charge >= 0.3 is 0 Å². The van der Waals surface area contributed by atoms with Gasteiger partial charge in [-0.05, 0) is 29.6 Å². The van der Waals surface area contributed by atoms with Crippen molar-refractivity contribution in [2.75, 3.05) is 5.32 Å². The molecular formula is C12H11ClN2S2.